The molecule has 7 nitrogen and oxygen atoms in total. The normalized spacial score (nSPS) is 19.7. The van der Waals surface area contributed by atoms with E-state index >= 15 is 0 Å². The lowest BCUT2D eigenvalue weighted by atomic mass is 9.94. The number of piperidine rings is 1. The highest BCUT2D eigenvalue weighted by molar-refractivity contribution is 5.93. The predicted molar refractivity (Wildman–Crippen MR) is 94.1 cm³/mol. The van der Waals surface area contributed by atoms with E-state index in [2.05, 4.69) is 4.98 Å². The van der Waals surface area contributed by atoms with Crippen molar-refractivity contribution in [3.8, 4) is 0 Å². The number of aliphatic carboxylic acids is 1. The molecule has 10 heteroatoms. The molecule has 0 amide bonds. The number of nitrogens with zero attached hydrogens (tertiary/aromatic N) is 2. The average molecular weight is 400 g/mol. The van der Waals surface area contributed by atoms with Crippen LogP contribution in [0.1, 0.15) is 17.7 Å². The first-order valence-corrected chi connectivity index (χ1v) is 8.30. The van der Waals surface area contributed by atoms with Gasteiger partial charge in [0, 0.05) is 29.9 Å². The molecule has 1 aromatic heterocycles. The number of hydrogen-bond donors (Lipinski definition) is 3. The zero-order valence-electron chi connectivity index (χ0n) is 14.8. The highest BCUT2D eigenvalue weighted by atomic mass is 19.4. The van der Waals surface area contributed by atoms with Crippen molar-refractivity contribution < 1.29 is 38.1 Å². The number of aliphatic hydroxyl groups is 1. The third-order valence-corrected chi connectivity index (χ3v) is 4.48. The number of halogens is 3. The van der Waals surface area contributed by atoms with Crippen molar-refractivity contribution in [1.29, 1.82) is 0 Å². The Bertz CT molecular complexity index is 872. The Hall–Kier alpha value is -2.88. The number of pyridine rings is 1. The van der Waals surface area contributed by atoms with Gasteiger partial charge >= 0.3 is 12.1 Å². The van der Waals surface area contributed by atoms with E-state index in [0.29, 0.717) is 28.8 Å². The van der Waals surface area contributed by atoms with Crippen LogP contribution < -0.4 is 4.90 Å². The van der Waals surface area contributed by atoms with Crippen molar-refractivity contribution in [3.05, 3.63) is 35.5 Å². The molecule has 152 valence electrons. The molecule has 3 rings (SSSR count). The Morgan fingerprint density at radius 3 is 2.54 bits per heavy atom. The average Bonchev–Trinajstić information content (AvgIpc) is 2.60. The quantitative estimate of drug-likeness (QED) is 0.665. The van der Waals surface area contributed by atoms with E-state index in [4.69, 9.17) is 9.90 Å². The molecule has 0 aliphatic carbocycles. The largest absolute Gasteiger partial charge is 0.483 e. The number of carboxylic acids is 1. The summed E-state index contributed by atoms with van der Waals surface area (Å²) in [5.74, 6) is -2.11. The summed E-state index contributed by atoms with van der Waals surface area (Å²) in [7, 11) is 0. The smallest absolute Gasteiger partial charge is 0.416 e. The Labute approximate surface area is 158 Å². The molecule has 1 aliphatic rings. The van der Waals surface area contributed by atoms with Crippen LogP contribution in [0.2, 0.25) is 0 Å². The highest BCUT2D eigenvalue weighted by Gasteiger charge is 2.35. The summed E-state index contributed by atoms with van der Waals surface area (Å²) in [5.41, 5.74) is 0.770. The number of carbonyl (C=O) groups is 2. The van der Waals surface area contributed by atoms with Crippen LogP contribution in [-0.4, -0.2) is 51.9 Å². The standard InChI is InChI=1S/C17H17F3N2O3.CH2O2/c1-9-6-14(22-5-4-15(23)12(8-22)16(24)25)11-7-10(17(18,19)20)2-3-13(11)21-9;2-1-3/h2-3,6-7,12,15,23H,4-5,8H2,1H3,(H,24,25);1H,(H,2,3)/t12-,15+;/m0./s1. The summed E-state index contributed by atoms with van der Waals surface area (Å²) >= 11 is 0. The van der Waals surface area contributed by atoms with E-state index in [0.717, 1.165) is 12.1 Å². The van der Waals surface area contributed by atoms with E-state index in [1.54, 1.807) is 17.9 Å². The second-order valence-electron chi connectivity index (χ2n) is 6.36. The number of aryl methyl sites for hydroxylation is 1. The Morgan fingerprint density at radius 1 is 1.32 bits per heavy atom. The third kappa shape index (κ3) is 4.69. The minimum atomic E-state index is -4.47. The van der Waals surface area contributed by atoms with Gasteiger partial charge in [-0.05, 0) is 37.6 Å². The van der Waals surface area contributed by atoms with Gasteiger partial charge in [-0.2, -0.15) is 13.2 Å². The first-order valence-electron chi connectivity index (χ1n) is 8.30. The molecule has 0 unspecified atom stereocenters. The van der Waals surface area contributed by atoms with E-state index in [1.165, 1.54) is 6.07 Å². The van der Waals surface area contributed by atoms with E-state index in [9.17, 15) is 28.2 Å². The first kappa shape index (κ1) is 21.4. The van der Waals surface area contributed by atoms with Crippen molar-refractivity contribution in [2.24, 2.45) is 5.92 Å². The zero-order valence-corrected chi connectivity index (χ0v) is 14.8. The Morgan fingerprint density at radius 2 is 1.96 bits per heavy atom. The minimum absolute atomic E-state index is 0.0330. The number of benzene rings is 1. The van der Waals surface area contributed by atoms with Crippen molar-refractivity contribution in [1.82, 2.24) is 4.98 Å². The van der Waals surface area contributed by atoms with Crippen LogP contribution >= 0.6 is 0 Å². The molecule has 1 saturated heterocycles. The van der Waals surface area contributed by atoms with Crippen molar-refractivity contribution in [2.75, 3.05) is 18.0 Å². The lowest BCUT2D eigenvalue weighted by molar-refractivity contribution is -0.146. The van der Waals surface area contributed by atoms with E-state index in [-0.39, 0.29) is 19.4 Å². The number of anilines is 1. The van der Waals surface area contributed by atoms with Crippen LogP contribution in [0.3, 0.4) is 0 Å². The van der Waals surface area contributed by atoms with E-state index < -0.39 is 29.7 Å². The number of rotatable bonds is 2. The van der Waals surface area contributed by atoms with Crippen LogP contribution in [0.15, 0.2) is 24.3 Å². The molecule has 28 heavy (non-hydrogen) atoms. The molecule has 3 N–H and O–H groups in total. The molecule has 2 aromatic rings. The summed E-state index contributed by atoms with van der Waals surface area (Å²) in [6.45, 7) is 1.87. The number of carboxylic acid groups (broad SMARTS) is 2. The maximum Gasteiger partial charge on any atom is 0.416 e. The van der Waals surface area contributed by atoms with Crippen LogP contribution in [0.5, 0.6) is 0 Å². The molecule has 1 aromatic carbocycles. The van der Waals surface area contributed by atoms with Gasteiger partial charge in [-0.3, -0.25) is 14.6 Å². The maximum absolute atomic E-state index is 13.0. The lowest BCUT2D eigenvalue weighted by Gasteiger charge is -2.36. The van der Waals surface area contributed by atoms with Crippen molar-refractivity contribution >= 4 is 29.0 Å². The second-order valence-corrected chi connectivity index (χ2v) is 6.36. The van der Waals surface area contributed by atoms with Crippen molar-refractivity contribution in [3.63, 3.8) is 0 Å². The Balaban J connectivity index is 0.000000878. The van der Waals surface area contributed by atoms with E-state index in [1.807, 2.05) is 0 Å². The summed E-state index contributed by atoms with van der Waals surface area (Å²) in [4.78, 5) is 25.6. The van der Waals surface area contributed by atoms with Crippen LogP contribution in [0, 0.1) is 12.8 Å². The zero-order chi connectivity index (χ0) is 21.1. The first-order chi connectivity index (χ1) is 13.1. The molecule has 0 bridgehead atoms. The number of aliphatic hydroxyl groups excluding tert-OH is 1. The molecule has 2 atom stereocenters. The summed E-state index contributed by atoms with van der Waals surface area (Å²) < 4.78 is 39.1. The SMILES string of the molecule is Cc1cc(N2CC[C@@H](O)[C@@H](C(=O)O)C2)c2cc(C(F)(F)F)ccc2n1.O=CO. The minimum Gasteiger partial charge on any atom is -0.483 e. The second kappa shape index (κ2) is 8.42. The molecule has 0 saturated carbocycles. The van der Waals surface area contributed by atoms with Crippen LogP contribution in [0.4, 0.5) is 18.9 Å². The summed E-state index contributed by atoms with van der Waals surface area (Å²) in [5, 5.41) is 26.3. The van der Waals surface area contributed by atoms with Gasteiger partial charge in [-0.1, -0.05) is 0 Å². The monoisotopic (exact) mass is 400 g/mol. The molecular weight excluding hydrogens is 381 g/mol. The molecule has 1 aliphatic heterocycles. The topological polar surface area (TPSA) is 111 Å². The fraction of sp³-hybridized carbons (Fsp3) is 0.389. The number of alkyl halides is 3. The summed E-state index contributed by atoms with van der Waals surface area (Å²) in [6, 6.07) is 5.00. The molecule has 2 heterocycles. The maximum atomic E-state index is 13.0. The van der Waals surface area contributed by atoms with Crippen LogP contribution in [0.25, 0.3) is 10.9 Å². The van der Waals surface area contributed by atoms with Gasteiger partial charge in [-0.25, -0.2) is 0 Å². The number of aromatic nitrogens is 1. The third-order valence-electron chi connectivity index (χ3n) is 4.48. The lowest BCUT2D eigenvalue weighted by Crippen LogP contribution is -2.46. The summed E-state index contributed by atoms with van der Waals surface area (Å²) in [6.07, 6.45) is -5.20. The molecule has 0 spiro atoms. The van der Waals surface area contributed by atoms with Gasteiger partial charge < -0.3 is 20.2 Å². The molecular formula is C18H19F3N2O5. The fourth-order valence-corrected chi connectivity index (χ4v) is 3.18. The molecule has 1 fully saturated rings. The predicted octanol–water partition coefficient (Wildman–Crippen LogP) is 2.53. The fourth-order valence-electron chi connectivity index (χ4n) is 3.18. The highest BCUT2D eigenvalue weighted by Crippen LogP contribution is 2.36. The van der Waals surface area contributed by atoms with Gasteiger partial charge in [0.2, 0.25) is 0 Å². The van der Waals surface area contributed by atoms with Gasteiger partial charge in [0.05, 0.1) is 17.2 Å². The number of fused-ring (bicyclic) bond motifs is 1. The van der Waals surface area contributed by atoms with Gasteiger partial charge in [0.15, 0.2) is 0 Å². The molecule has 0 radical (unpaired) electrons. The van der Waals surface area contributed by atoms with Crippen LogP contribution in [-0.2, 0) is 15.8 Å². The van der Waals surface area contributed by atoms with Crippen molar-refractivity contribution in [2.45, 2.75) is 25.6 Å². The Kier molecular flexibility index (Phi) is 6.45. The number of hydrogen-bond acceptors (Lipinski definition) is 5. The van der Waals surface area contributed by atoms with Gasteiger partial charge in [0.25, 0.3) is 6.47 Å². The van der Waals surface area contributed by atoms with Gasteiger partial charge in [0.1, 0.15) is 5.92 Å². The van der Waals surface area contributed by atoms with Gasteiger partial charge in [-0.15, -0.1) is 0 Å².